The van der Waals surface area contributed by atoms with Crippen molar-refractivity contribution in [1.82, 2.24) is 15.0 Å². The molecule has 7 heteroatoms. The topological polar surface area (TPSA) is 57.1 Å². The van der Waals surface area contributed by atoms with E-state index in [0.717, 1.165) is 11.1 Å². The van der Waals surface area contributed by atoms with Gasteiger partial charge in [0.1, 0.15) is 5.82 Å². The van der Waals surface area contributed by atoms with Gasteiger partial charge in [0.05, 0.1) is 16.8 Å². The lowest BCUT2D eigenvalue weighted by Gasteiger charge is -2.32. The standard InChI is InChI=1S/C35H41BFN3O2/c1-32(2,3)24-15-11-22(12-16-24)29-38-30(23-13-17-25(18-14-23)33(4,5)6)40-31(39-29)27-21-26(19-20-28(27)37)36-41-34(7,8)35(9,10)42-36/h11-21H,1-10H3. The van der Waals surface area contributed by atoms with Crippen molar-refractivity contribution in [2.24, 2.45) is 0 Å². The van der Waals surface area contributed by atoms with E-state index < -0.39 is 24.1 Å². The molecule has 0 atom stereocenters. The van der Waals surface area contributed by atoms with Gasteiger partial charge in [-0.2, -0.15) is 0 Å². The van der Waals surface area contributed by atoms with Gasteiger partial charge in [-0.05, 0) is 67.2 Å². The molecule has 1 aromatic heterocycles. The van der Waals surface area contributed by atoms with E-state index in [0.29, 0.717) is 17.1 Å². The predicted molar refractivity (Wildman–Crippen MR) is 169 cm³/mol. The molecule has 0 aliphatic carbocycles. The van der Waals surface area contributed by atoms with Gasteiger partial charge in [0.25, 0.3) is 0 Å². The van der Waals surface area contributed by atoms with Crippen LogP contribution in [0, 0.1) is 5.82 Å². The minimum atomic E-state index is -0.634. The first kappa shape index (κ1) is 30.1. The van der Waals surface area contributed by atoms with Crippen LogP contribution in [0.4, 0.5) is 4.39 Å². The van der Waals surface area contributed by atoms with E-state index in [1.165, 1.54) is 17.2 Å². The first-order valence-corrected chi connectivity index (χ1v) is 14.6. The minimum absolute atomic E-state index is 0.0137. The molecule has 5 nitrogen and oxygen atoms in total. The first-order chi connectivity index (χ1) is 19.4. The van der Waals surface area contributed by atoms with Crippen molar-refractivity contribution < 1.29 is 13.7 Å². The minimum Gasteiger partial charge on any atom is -0.399 e. The molecular formula is C35H41BFN3O2. The highest BCUT2D eigenvalue weighted by atomic mass is 19.1. The molecule has 42 heavy (non-hydrogen) atoms. The molecule has 0 bridgehead atoms. The number of aromatic nitrogens is 3. The monoisotopic (exact) mass is 565 g/mol. The quantitative estimate of drug-likeness (QED) is 0.236. The summed E-state index contributed by atoms with van der Waals surface area (Å²) >= 11 is 0. The van der Waals surface area contributed by atoms with E-state index in [9.17, 15) is 0 Å². The summed E-state index contributed by atoms with van der Waals surface area (Å²) in [4.78, 5) is 14.4. The van der Waals surface area contributed by atoms with Crippen molar-refractivity contribution in [3.8, 4) is 34.2 Å². The molecule has 0 unspecified atom stereocenters. The summed E-state index contributed by atoms with van der Waals surface area (Å²) in [7, 11) is -0.634. The number of hydrogen-bond donors (Lipinski definition) is 0. The van der Waals surface area contributed by atoms with Crippen LogP contribution in [-0.2, 0) is 20.1 Å². The molecule has 1 fully saturated rings. The van der Waals surface area contributed by atoms with E-state index >= 15 is 4.39 Å². The molecule has 3 aromatic carbocycles. The van der Waals surface area contributed by atoms with E-state index in [4.69, 9.17) is 24.3 Å². The summed E-state index contributed by atoms with van der Waals surface area (Å²) in [5.41, 5.74) is 4.06. The average Bonchev–Trinajstić information content (AvgIpc) is 3.14. The van der Waals surface area contributed by atoms with Crippen molar-refractivity contribution >= 4 is 12.6 Å². The van der Waals surface area contributed by atoms with Crippen LogP contribution in [0.3, 0.4) is 0 Å². The molecule has 0 N–H and O–H groups in total. The first-order valence-electron chi connectivity index (χ1n) is 14.6. The molecule has 5 rings (SSSR count). The van der Waals surface area contributed by atoms with E-state index in [1.54, 1.807) is 12.1 Å². The lowest BCUT2D eigenvalue weighted by molar-refractivity contribution is 0.00578. The van der Waals surface area contributed by atoms with Crippen molar-refractivity contribution in [3.05, 3.63) is 83.7 Å². The number of hydrogen-bond acceptors (Lipinski definition) is 5. The van der Waals surface area contributed by atoms with Crippen molar-refractivity contribution in [2.45, 2.75) is 91.3 Å². The van der Waals surface area contributed by atoms with Crippen molar-refractivity contribution in [3.63, 3.8) is 0 Å². The number of benzene rings is 3. The lowest BCUT2D eigenvalue weighted by atomic mass is 9.78. The Labute approximate surface area is 250 Å². The fraction of sp³-hybridized carbons (Fsp3) is 0.400. The van der Waals surface area contributed by atoms with Crippen LogP contribution in [0.2, 0.25) is 0 Å². The maximum Gasteiger partial charge on any atom is 0.494 e. The van der Waals surface area contributed by atoms with Gasteiger partial charge >= 0.3 is 7.12 Å². The second kappa shape index (κ2) is 10.4. The van der Waals surface area contributed by atoms with E-state index in [2.05, 4.69) is 65.8 Å². The summed E-state index contributed by atoms with van der Waals surface area (Å²) in [6.45, 7) is 21.1. The average molecular weight is 566 g/mol. The highest BCUT2D eigenvalue weighted by molar-refractivity contribution is 6.62. The van der Waals surface area contributed by atoms with E-state index in [-0.39, 0.29) is 22.2 Å². The summed E-state index contributed by atoms with van der Waals surface area (Å²) in [5, 5.41) is 0. The molecule has 218 valence electrons. The van der Waals surface area contributed by atoms with Gasteiger partial charge in [-0.15, -0.1) is 0 Å². The van der Waals surface area contributed by atoms with Crippen molar-refractivity contribution in [1.29, 1.82) is 0 Å². The molecule has 1 aliphatic heterocycles. The Balaban J connectivity index is 1.63. The maximum absolute atomic E-state index is 15.5. The van der Waals surface area contributed by atoms with Crippen LogP contribution in [0.15, 0.2) is 66.7 Å². The van der Waals surface area contributed by atoms with Crippen LogP contribution in [0.5, 0.6) is 0 Å². The van der Waals surface area contributed by atoms with Gasteiger partial charge in [-0.25, -0.2) is 19.3 Å². The summed E-state index contributed by atoms with van der Waals surface area (Å²) in [6, 6.07) is 21.3. The van der Waals surface area contributed by atoms with Gasteiger partial charge in [0.2, 0.25) is 0 Å². The Morgan fingerprint density at radius 1 is 0.595 bits per heavy atom. The summed E-state index contributed by atoms with van der Waals surface area (Å²) in [5.74, 6) is 0.793. The molecule has 0 radical (unpaired) electrons. The SMILES string of the molecule is CC(C)(C)c1ccc(-c2nc(-c3ccc(C(C)(C)C)cc3)nc(-c3cc(B4OC(C)(C)C(C)(C)O4)ccc3F)n2)cc1. The van der Waals surface area contributed by atoms with Crippen molar-refractivity contribution in [2.75, 3.05) is 0 Å². The fourth-order valence-corrected chi connectivity index (χ4v) is 4.83. The molecule has 1 aliphatic rings. The largest absolute Gasteiger partial charge is 0.494 e. The Morgan fingerprint density at radius 2 is 1.00 bits per heavy atom. The zero-order chi connectivity index (χ0) is 30.7. The molecule has 0 amide bonds. The van der Waals surface area contributed by atoms with E-state index in [1.807, 2.05) is 52.0 Å². The zero-order valence-electron chi connectivity index (χ0n) is 26.5. The molecular weight excluding hydrogens is 524 g/mol. The van der Waals surface area contributed by atoms with Crippen LogP contribution < -0.4 is 5.46 Å². The lowest BCUT2D eigenvalue weighted by Crippen LogP contribution is -2.41. The second-order valence-corrected chi connectivity index (χ2v) is 14.3. The number of nitrogens with zero attached hydrogens (tertiary/aromatic N) is 3. The van der Waals surface area contributed by atoms with Crippen LogP contribution in [-0.4, -0.2) is 33.3 Å². The Bertz CT molecular complexity index is 1510. The van der Waals surface area contributed by atoms with Gasteiger partial charge in [-0.1, -0.05) is 96.1 Å². The van der Waals surface area contributed by atoms with Gasteiger partial charge in [0.15, 0.2) is 17.5 Å². The molecule has 4 aromatic rings. The van der Waals surface area contributed by atoms with Gasteiger partial charge in [-0.3, -0.25) is 0 Å². The third-order valence-electron chi connectivity index (χ3n) is 8.41. The summed E-state index contributed by atoms with van der Waals surface area (Å²) < 4.78 is 28.0. The Hall–Kier alpha value is -3.42. The summed E-state index contributed by atoms with van der Waals surface area (Å²) in [6.07, 6.45) is 0. The smallest absolute Gasteiger partial charge is 0.399 e. The molecule has 0 spiro atoms. The Kier molecular flexibility index (Phi) is 7.43. The van der Waals surface area contributed by atoms with Crippen LogP contribution in [0.25, 0.3) is 34.2 Å². The maximum atomic E-state index is 15.5. The predicted octanol–water partition coefficient (Wildman–Crippen LogP) is 7.91. The van der Waals surface area contributed by atoms with Crippen LogP contribution in [0.1, 0.15) is 80.4 Å². The third-order valence-corrected chi connectivity index (χ3v) is 8.41. The highest BCUT2D eigenvalue weighted by Gasteiger charge is 2.51. The molecule has 1 saturated heterocycles. The van der Waals surface area contributed by atoms with Crippen LogP contribution >= 0.6 is 0 Å². The second-order valence-electron chi connectivity index (χ2n) is 14.3. The molecule has 0 saturated carbocycles. The molecule has 2 heterocycles. The number of halogens is 1. The highest BCUT2D eigenvalue weighted by Crippen LogP contribution is 2.37. The number of rotatable bonds is 4. The normalized spacial score (nSPS) is 16.6. The Morgan fingerprint density at radius 3 is 1.40 bits per heavy atom. The fourth-order valence-electron chi connectivity index (χ4n) is 4.83. The third kappa shape index (κ3) is 5.90. The zero-order valence-corrected chi connectivity index (χ0v) is 26.5. The van der Waals surface area contributed by atoms with Gasteiger partial charge in [0, 0.05) is 11.1 Å². The van der Waals surface area contributed by atoms with Gasteiger partial charge < -0.3 is 9.31 Å².